The first kappa shape index (κ1) is 7.90. The number of rotatable bonds is 1. The lowest BCUT2D eigenvalue weighted by molar-refractivity contribution is 1.51. The van der Waals surface area contributed by atoms with Gasteiger partial charge in [0.15, 0.2) is 0 Å². The Morgan fingerprint density at radius 3 is 3.00 bits per heavy atom. The Kier molecular flexibility index (Phi) is 2.19. The molecule has 2 heteroatoms. The van der Waals surface area contributed by atoms with E-state index in [4.69, 9.17) is 12.2 Å². The van der Waals surface area contributed by atoms with Gasteiger partial charge in [-0.3, -0.25) is 0 Å². The molecule has 1 aliphatic carbocycles. The van der Waals surface area contributed by atoms with Crippen molar-refractivity contribution in [2.75, 3.05) is 0 Å². The maximum absolute atomic E-state index is 5.26. The van der Waals surface area contributed by atoms with Gasteiger partial charge in [0.05, 0.1) is 0 Å². The lowest BCUT2D eigenvalue weighted by Crippen LogP contribution is -1.98. The van der Waals surface area contributed by atoms with Crippen molar-refractivity contribution >= 4 is 34.0 Å². The van der Waals surface area contributed by atoms with Crippen LogP contribution in [0.25, 0.3) is 5.57 Å². The highest BCUT2D eigenvalue weighted by Gasteiger charge is 2.08. The average molecular weight is 192 g/mol. The molecule has 0 saturated heterocycles. The van der Waals surface area contributed by atoms with E-state index in [1.54, 1.807) is 11.3 Å². The molecule has 1 aromatic heterocycles. The highest BCUT2D eigenvalue weighted by atomic mass is 32.1. The zero-order chi connectivity index (χ0) is 8.39. The number of allylic oxidation sites excluding steroid dienone is 4. The van der Waals surface area contributed by atoms with Crippen molar-refractivity contribution in [3.8, 4) is 0 Å². The fourth-order valence-corrected chi connectivity index (χ4v) is 2.31. The zero-order valence-electron chi connectivity index (χ0n) is 6.49. The molecule has 0 fully saturated rings. The third kappa shape index (κ3) is 1.40. The highest BCUT2D eigenvalue weighted by molar-refractivity contribution is 7.81. The molecule has 0 radical (unpaired) electrons. The molecule has 2 rings (SSSR count). The van der Waals surface area contributed by atoms with Gasteiger partial charge in [-0.2, -0.15) is 0 Å². The van der Waals surface area contributed by atoms with Crippen LogP contribution in [0.5, 0.6) is 0 Å². The molecule has 0 aromatic carbocycles. The minimum Gasteiger partial charge on any atom is -0.144 e. The summed E-state index contributed by atoms with van der Waals surface area (Å²) in [6.07, 6.45) is 7.18. The Labute approximate surface area is 81.2 Å². The van der Waals surface area contributed by atoms with Gasteiger partial charge in [-0.05, 0) is 11.4 Å². The molecular weight excluding hydrogens is 184 g/mol. The summed E-state index contributed by atoms with van der Waals surface area (Å²) >= 11 is 7.01. The highest BCUT2D eigenvalue weighted by Crippen LogP contribution is 2.25. The quantitative estimate of drug-likeness (QED) is 0.614. The second kappa shape index (κ2) is 3.33. The van der Waals surface area contributed by atoms with Gasteiger partial charge in [0.2, 0.25) is 0 Å². The van der Waals surface area contributed by atoms with Crippen LogP contribution in [0.3, 0.4) is 0 Å². The van der Waals surface area contributed by atoms with Gasteiger partial charge in [-0.1, -0.05) is 36.5 Å². The van der Waals surface area contributed by atoms with Crippen molar-refractivity contribution in [1.82, 2.24) is 0 Å². The van der Waals surface area contributed by atoms with E-state index in [2.05, 4.69) is 35.7 Å². The Morgan fingerprint density at radius 2 is 2.33 bits per heavy atom. The first-order chi connectivity index (χ1) is 5.88. The lowest BCUT2D eigenvalue weighted by Gasteiger charge is -2.07. The van der Waals surface area contributed by atoms with Gasteiger partial charge in [-0.25, -0.2) is 0 Å². The summed E-state index contributed by atoms with van der Waals surface area (Å²) in [4.78, 5) is 2.34. The minimum atomic E-state index is 0.916. The average Bonchev–Trinajstić information content (AvgIpc) is 2.57. The van der Waals surface area contributed by atoms with Crippen LogP contribution < -0.4 is 0 Å². The SMILES string of the molecule is S=C1CC=CC=C1c1cccs1. The number of thiocarbonyl (C=S) groups is 1. The van der Waals surface area contributed by atoms with E-state index in [1.165, 1.54) is 10.5 Å². The van der Waals surface area contributed by atoms with Gasteiger partial charge in [-0.15, -0.1) is 11.3 Å². The summed E-state index contributed by atoms with van der Waals surface area (Å²) in [7, 11) is 0. The van der Waals surface area contributed by atoms with Gasteiger partial charge in [0, 0.05) is 21.7 Å². The molecule has 0 aliphatic heterocycles. The third-order valence-corrected chi connectivity index (χ3v) is 3.08. The molecule has 0 unspecified atom stereocenters. The van der Waals surface area contributed by atoms with E-state index in [-0.39, 0.29) is 0 Å². The molecule has 0 amide bonds. The predicted molar refractivity (Wildman–Crippen MR) is 58.7 cm³/mol. The second-order valence-corrected chi connectivity index (χ2v) is 4.05. The molecule has 60 valence electrons. The minimum absolute atomic E-state index is 0.916. The van der Waals surface area contributed by atoms with E-state index in [1.807, 2.05) is 0 Å². The summed E-state index contributed by atoms with van der Waals surface area (Å²) in [6.45, 7) is 0. The van der Waals surface area contributed by atoms with Crippen molar-refractivity contribution in [2.45, 2.75) is 6.42 Å². The topological polar surface area (TPSA) is 0 Å². The second-order valence-electron chi connectivity index (χ2n) is 2.61. The Balaban J connectivity index is 2.40. The fraction of sp³-hybridized carbons (Fsp3) is 0.100. The molecule has 0 saturated carbocycles. The molecule has 0 atom stereocenters. The van der Waals surface area contributed by atoms with E-state index < -0.39 is 0 Å². The van der Waals surface area contributed by atoms with Crippen molar-refractivity contribution in [2.24, 2.45) is 0 Å². The maximum atomic E-state index is 5.26. The summed E-state index contributed by atoms with van der Waals surface area (Å²) in [6, 6.07) is 4.17. The Hall–Kier alpha value is -0.730. The Morgan fingerprint density at radius 1 is 1.42 bits per heavy atom. The molecule has 0 nitrogen and oxygen atoms in total. The molecule has 1 aliphatic rings. The van der Waals surface area contributed by atoms with Crippen molar-refractivity contribution in [3.63, 3.8) is 0 Å². The van der Waals surface area contributed by atoms with Crippen LogP contribution in [0, 0.1) is 0 Å². The molecular formula is C10H8S2. The van der Waals surface area contributed by atoms with Crippen molar-refractivity contribution in [3.05, 3.63) is 40.6 Å². The van der Waals surface area contributed by atoms with E-state index in [9.17, 15) is 0 Å². The fourth-order valence-electron chi connectivity index (χ4n) is 1.19. The predicted octanol–water partition coefficient (Wildman–Crippen LogP) is 3.46. The van der Waals surface area contributed by atoms with E-state index >= 15 is 0 Å². The first-order valence-electron chi connectivity index (χ1n) is 3.82. The first-order valence-corrected chi connectivity index (χ1v) is 5.10. The molecule has 1 aromatic rings. The van der Waals surface area contributed by atoms with Gasteiger partial charge in [0.25, 0.3) is 0 Å². The van der Waals surface area contributed by atoms with Crippen LogP contribution in [0.4, 0.5) is 0 Å². The monoisotopic (exact) mass is 192 g/mol. The molecule has 0 N–H and O–H groups in total. The van der Waals surface area contributed by atoms with Crippen LogP contribution in [-0.4, -0.2) is 4.86 Å². The van der Waals surface area contributed by atoms with Crippen LogP contribution in [0.15, 0.2) is 35.7 Å². The van der Waals surface area contributed by atoms with Gasteiger partial charge in [0.1, 0.15) is 0 Å². The number of hydrogen-bond acceptors (Lipinski definition) is 2. The molecule has 12 heavy (non-hydrogen) atoms. The summed E-state index contributed by atoms with van der Waals surface area (Å²) in [5.41, 5.74) is 1.22. The van der Waals surface area contributed by atoms with E-state index in [0.29, 0.717) is 0 Å². The van der Waals surface area contributed by atoms with Gasteiger partial charge < -0.3 is 0 Å². The molecule has 1 heterocycles. The van der Waals surface area contributed by atoms with Crippen LogP contribution >= 0.6 is 23.6 Å². The Bertz CT molecular complexity index is 342. The zero-order valence-corrected chi connectivity index (χ0v) is 8.12. The van der Waals surface area contributed by atoms with Crippen molar-refractivity contribution < 1.29 is 0 Å². The largest absolute Gasteiger partial charge is 0.144 e. The van der Waals surface area contributed by atoms with Crippen LogP contribution in [-0.2, 0) is 0 Å². The summed E-state index contributed by atoms with van der Waals surface area (Å²) in [5.74, 6) is 0. The van der Waals surface area contributed by atoms with Crippen LogP contribution in [0.2, 0.25) is 0 Å². The van der Waals surface area contributed by atoms with Crippen LogP contribution in [0.1, 0.15) is 11.3 Å². The maximum Gasteiger partial charge on any atom is 0.0353 e. The standard InChI is InChI=1S/C10H8S2/c11-9-5-2-1-4-8(9)10-6-3-7-12-10/h1-4,6-7H,5H2. The smallest absolute Gasteiger partial charge is 0.0353 e. The molecule has 0 bridgehead atoms. The number of hydrogen-bond donors (Lipinski definition) is 0. The lowest BCUT2D eigenvalue weighted by atomic mass is 10.0. The number of thiophene rings is 1. The summed E-state index contributed by atoms with van der Waals surface area (Å²) in [5, 5.41) is 2.08. The molecule has 0 spiro atoms. The van der Waals surface area contributed by atoms with E-state index in [0.717, 1.165) is 11.3 Å². The normalized spacial score (nSPS) is 16.3. The third-order valence-electron chi connectivity index (χ3n) is 1.79. The summed E-state index contributed by atoms with van der Waals surface area (Å²) < 4.78 is 0. The van der Waals surface area contributed by atoms with Crippen molar-refractivity contribution in [1.29, 1.82) is 0 Å². The van der Waals surface area contributed by atoms with Gasteiger partial charge >= 0.3 is 0 Å².